The minimum atomic E-state index is -0.314. The lowest BCUT2D eigenvalue weighted by atomic mass is 9.98. The summed E-state index contributed by atoms with van der Waals surface area (Å²) in [5.41, 5.74) is 2.68. The molecule has 0 aliphatic carbocycles. The van der Waals surface area contributed by atoms with Gasteiger partial charge in [0, 0.05) is 6.54 Å². The normalized spacial score (nSPS) is 11.8. The standard InChI is InChI=1S/C26H28FN3O2/c1-18(2)16-29-26(32)22-10-6-7-11-23(22)30-24(31)17-28-25(19-8-4-3-5-9-19)20-12-14-21(27)15-13-20/h3-15,18,25,28H,16-17H2,1-2H3,(H,29,32)(H,30,31). The molecule has 32 heavy (non-hydrogen) atoms. The van der Waals surface area contributed by atoms with E-state index in [9.17, 15) is 14.0 Å². The minimum absolute atomic E-state index is 0.0128. The van der Waals surface area contributed by atoms with Crippen LogP contribution in [0.15, 0.2) is 78.9 Å². The predicted molar refractivity (Wildman–Crippen MR) is 125 cm³/mol. The van der Waals surface area contributed by atoms with Gasteiger partial charge in [-0.2, -0.15) is 0 Å². The third-order valence-corrected chi connectivity index (χ3v) is 4.92. The molecule has 0 aliphatic rings. The van der Waals surface area contributed by atoms with Gasteiger partial charge < -0.3 is 10.6 Å². The quantitative estimate of drug-likeness (QED) is 0.464. The molecule has 0 heterocycles. The van der Waals surface area contributed by atoms with Gasteiger partial charge in [0.15, 0.2) is 0 Å². The molecule has 0 aromatic heterocycles. The molecule has 3 N–H and O–H groups in total. The number of carbonyl (C=O) groups is 2. The van der Waals surface area contributed by atoms with Crippen molar-refractivity contribution in [2.45, 2.75) is 19.9 Å². The van der Waals surface area contributed by atoms with Gasteiger partial charge in [-0.1, -0.05) is 68.4 Å². The Hall–Kier alpha value is -3.51. The van der Waals surface area contributed by atoms with Crippen molar-refractivity contribution < 1.29 is 14.0 Å². The van der Waals surface area contributed by atoms with E-state index >= 15 is 0 Å². The molecule has 3 rings (SSSR count). The predicted octanol–water partition coefficient (Wildman–Crippen LogP) is 4.53. The van der Waals surface area contributed by atoms with E-state index in [4.69, 9.17) is 0 Å². The minimum Gasteiger partial charge on any atom is -0.352 e. The molecule has 6 heteroatoms. The summed E-state index contributed by atoms with van der Waals surface area (Å²) >= 11 is 0. The highest BCUT2D eigenvalue weighted by atomic mass is 19.1. The van der Waals surface area contributed by atoms with Crippen molar-refractivity contribution in [2.75, 3.05) is 18.4 Å². The van der Waals surface area contributed by atoms with Gasteiger partial charge in [0.2, 0.25) is 5.91 Å². The average molecular weight is 434 g/mol. The molecule has 3 aromatic rings. The van der Waals surface area contributed by atoms with E-state index in [-0.39, 0.29) is 30.2 Å². The number of amides is 2. The molecule has 166 valence electrons. The number of hydrogen-bond donors (Lipinski definition) is 3. The number of hydrogen-bond acceptors (Lipinski definition) is 3. The third-order valence-electron chi connectivity index (χ3n) is 4.92. The van der Waals surface area contributed by atoms with Gasteiger partial charge in [-0.05, 0) is 41.3 Å². The lowest BCUT2D eigenvalue weighted by Crippen LogP contribution is -2.33. The van der Waals surface area contributed by atoms with Gasteiger partial charge >= 0.3 is 0 Å². The summed E-state index contributed by atoms with van der Waals surface area (Å²) < 4.78 is 13.4. The Labute approximate surface area is 188 Å². The zero-order valence-corrected chi connectivity index (χ0v) is 18.3. The van der Waals surface area contributed by atoms with E-state index in [0.29, 0.717) is 23.7 Å². The SMILES string of the molecule is CC(C)CNC(=O)c1ccccc1NC(=O)CNC(c1ccccc1)c1ccc(F)cc1. The van der Waals surface area contributed by atoms with Crippen molar-refractivity contribution in [3.8, 4) is 0 Å². The van der Waals surface area contributed by atoms with Crippen molar-refractivity contribution in [1.29, 1.82) is 0 Å². The van der Waals surface area contributed by atoms with Gasteiger partial charge in [0.05, 0.1) is 23.8 Å². The summed E-state index contributed by atoms with van der Waals surface area (Å²) in [7, 11) is 0. The highest BCUT2D eigenvalue weighted by Crippen LogP contribution is 2.22. The number of nitrogens with one attached hydrogen (secondary N) is 3. The second-order valence-corrected chi connectivity index (χ2v) is 7.97. The second kappa shape index (κ2) is 11.2. The Morgan fingerprint density at radius 3 is 2.16 bits per heavy atom. The van der Waals surface area contributed by atoms with E-state index < -0.39 is 0 Å². The Morgan fingerprint density at radius 1 is 0.844 bits per heavy atom. The molecule has 3 aromatic carbocycles. The van der Waals surface area contributed by atoms with Gasteiger partial charge in [0.1, 0.15) is 5.82 Å². The van der Waals surface area contributed by atoms with Gasteiger partial charge in [0.25, 0.3) is 5.91 Å². The van der Waals surface area contributed by atoms with Crippen molar-refractivity contribution >= 4 is 17.5 Å². The van der Waals surface area contributed by atoms with Gasteiger partial charge in [-0.3, -0.25) is 14.9 Å². The lowest BCUT2D eigenvalue weighted by molar-refractivity contribution is -0.115. The average Bonchev–Trinajstić information content (AvgIpc) is 2.80. The molecule has 1 unspecified atom stereocenters. The van der Waals surface area contributed by atoms with Crippen LogP contribution in [0.4, 0.5) is 10.1 Å². The van der Waals surface area contributed by atoms with E-state index in [1.807, 2.05) is 44.2 Å². The molecule has 0 spiro atoms. The van der Waals surface area contributed by atoms with Crippen LogP contribution in [0.25, 0.3) is 0 Å². The molecule has 5 nitrogen and oxygen atoms in total. The maximum Gasteiger partial charge on any atom is 0.253 e. The largest absolute Gasteiger partial charge is 0.352 e. The Morgan fingerprint density at radius 2 is 1.47 bits per heavy atom. The van der Waals surface area contributed by atoms with E-state index in [1.54, 1.807) is 36.4 Å². The fourth-order valence-electron chi connectivity index (χ4n) is 3.30. The molecule has 0 aliphatic heterocycles. The number of rotatable bonds is 9. The highest BCUT2D eigenvalue weighted by molar-refractivity contribution is 6.04. The van der Waals surface area contributed by atoms with Crippen LogP contribution in [0.1, 0.15) is 41.4 Å². The van der Waals surface area contributed by atoms with Crippen LogP contribution >= 0.6 is 0 Å². The number of halogens is 1. The topological polar surface area (TPSA) is 70.2 Å². The lowest BCUT2D eigenvalue weighted by Gasteiger charge is -2.20. The van der Waals surface area contributed by atoms with E-state index in [1.165, 1.54) is 12.1 Å². The number of carbonyl (C=O) groups excluding carboxylic acids is 2. The Balaban J connectivity index is 1.70. The van der Waals surface area contributed by atoms with Crippen molar-refractivity contribution in [3.05, 3.63) is 101 Å². The zero-order valence-electron chi connectivity index (χ0n) is 18.3. The van der Waals surface area contributed by atoms with Crippen LogP contribution in [0.5, 0.6) is 0 Å². The summed E-state index contributed by atoms with van der Waals surface area (Å²) in [5, 5.41) is 8.94. The summed E-state index contributed by atoms with van der Waals surface area (Å²) in [5.74, 6) is -0.495. The fraction of sp³-hybridized carbons (Fsp3) is 0.231. The molecule has 0 fully saturated rings. The zero-order chi connectivity index (χ0) is 22.9. The maximum absolute atomic E-state index is 13.4. The number of benzene rings is 3. The number of para-hydroxylation sites is 1. The summed E-state index contributed by atoms with van der Waals surface area (Å²) in [6.07, 6.45) is 0. The third kappa shape index (κ3) is 6.49. The van der Waals surface area contributed by atoms with E-state index in [2.05, 4.69) is 16.0 Å². The molecule has 2 amide bonds. The molecular formula is C26H28FN3O2. The molecule has 0 bridgehead atoms. The first-order valence-corrected chi connectivity index (χ1v) is 10.6. The van der Waals surface area contributed by atoms with Crippen LogP contribution < -0.4 is 16.0 Å². The Bertz CT molecular complexity index is 1040. The molecular weight excluding hydrogens is 405 g/mol. The smallest absolute Gasteiger partial charge is 0.253 e. The van der Waals surface area contributed by atoms with Crippen LogP contribution in [0, 0.1) is 11.7 Å². The van der Waals surface area contributed by atoms with E-state index in [0.717, 1.165) is 11.1 Å². The first-order valence-electron chi connectivity index (χ1n) is 10.6. The highest BCUT2D eigenvalue weighted by Gasteiger charge is 2.17. The van der Waals surface area contributed by atoms with Crippen LogP contribution in [0.2, 0.25) is 0 Å². The van der Waals surface area contributed by atoms with Crippen LogP contribution in [-0.4, -0.2) is 24.9 Å². The first-order chi connectivity index (χ1) is 15.4. The Kier molecular flexibility index (Phi) is 8.11. The van der Waals surface area contributed by atoms with Crippen LogP contribution in [0.3, 0.4) is 0 Å². The number of anilines is 1. The fourth-order valence-corrected chi connectivity index (χ4v) is 3.30. The van der Waals surface area contributed by atoms with Crippen molar-refractivity contribution in [3.63, 3.8) is 0 Å². The van der Waals surface area contributed by atoms with Gasteiger partial charge in [-0.15, -0.1) is 0 Å². The summed E-state index contributed by atoms with van der Waals surface area (Å²) in [6, 6.07) is 22.5. The molecule has 0 saturated carbocycles. The first kappa shape index (κ1) is 23.2. The second-order valence-electron chi connectivity index (χ2n) is 7.97. The maximum atomic E-state index is 13.4. The van der Waals surface area contributed by atoms with Crippen molar-refractivity contribution in [2.24, 2.45) is 5.92 Å². The van der Waals surface area contributed by atoms with Gasteiger partial charge in [-0.25, -0.2) is 4.39 Å². The van der Waals surface area contributed by atoms with Crippen LogP contribution in [-0.2, 0) is 4.79 Å². The molecule has 0 saturated heterocycles. The summed E-state index contributed by atoms with van der Waals surface area (Å²) in [6.45, 7) is 4.60. The monoisotopic (exact) mass is 433 g/mol. The molecule has 1 atom stereocenters. The molecule has 0 radical (unpaired) electrons. The van der Waals surface area contributed by atoms with Crippen molar-refractivity contribution in [1.82, 2.24) is 10.6 Å². The summed E-state index contributed by atoms with van der Waals surface area (Å²) in [4.78, 5) is 25.2.